The molecule has 5 rings (SSSR count). The van der Waals surface area contributed by atoms with Crippen molar-refractivity contribution in [2.45, 2.75) is 26.8 Å². The van der Waals surface area contributed by atoms with Gasteiger partial charge in [0.05, 0.1) is 10.6 Å². The molecule has 31 heavy (non-hydrogen) atoms. The molecule has 0 saturated carbocycles. The number of hydrogen-bond acceptors (Lipinski definition) is 5. The number of halogens is 1. The zero-order valence-electron chi connectivity index (χ0n) is 17.2. The van der Waals surface area contributed by atoms with Crippen LogP contribution < -0.4 is 0 Å². The summed E-state index contributed by atoms with van der Waals surface area (Å²) in [6, 6.07) is 11.5. The molecule has 1 atom stereocenters. The fraction of sp³-hybridized carbons (Fsp3) is 0.167. The molecule has 7 heteroatoms. The van der Waals surface area contributed by atoms with Crippen LogP contribution in [0.15, 0.2) is 53.8 Å². The van der Waals surface area contributed by atoms with Crippen LogP contribution in [0.25, 0.3) is 5.00 Å². The molecular weight excluding hydrogens is 426 g/mol. The first kappa shape index (κ1) is 19.7. The molecule has 0 amide bonds. The summed E-state index contributed by atoms with van der Waals surface area (Å²) in [5.74, 6) is 8.27. The van der Waals surface area contributed by atoms with Crippen molar-refractivity contribution in [1.29, 1.82) is 0 Å². The second kappa shape index (κ2) is 7.77. The van der Waals surface area contributed by atoms with Crippen molar-refractivity contribution >= 4 is 28.6 Å². The Kier molecular flexibility index (Phi) is 4.93. The van der Waals surface area contributed by atoms with Gasteiger partial charge in [0, 0.05) is 34.1 Å². The zero-order valence-corrected chi connectivity index (χ0v) is 18.8. The molecule has 4 heterocycles. The lowest BCUT2D eigenvalue weighted by Gasteiger charge is -2.09. The summed E-state index contributed by atoms with van der Waals surface area (Å²) in [6.07, 6.45) is 3.50. The van der Waals surface area contributed by atoms with Gasteiger partial charge in [0.15, 0.2) is 5.82 Å². The van der Waals surface area contributed by atoms with Gasteiger partial charge in [0.1, 0.15) is 16.9 Å². The van der Waals surface area contributed by atoms with Crippen LogP contribution >= 0.6 is 22.9 Å². The average molecular weight is 444 g/mol. The number of fused-ring (bicyclic) bond motifs is 3. The number of nitrogens with zero attached hydrogens (tertiary/aromatic N) is 5. The van der Waals surface area contributed by atoms with Crippen molar-refractivity contribution in [2.24, 2.45) is 4.99 Å². The smallest absolute Gasteiger partial charge is 0.162 e. The van der Waals surface area contributed by atoms with Crippen molar-refractivity contribution < 1.29 is 0 Å². The highest BCUT2D eigenvalue weighted by molar-refractivity contribution is 7.15. The average Bonchev–Trinajstić information content (AvgIpc) is 3.27. The minimum Gasteiger partial charge on any atom is -0.273 e. The van der Waals surface area contributed by atoms with Gasteiger partial charge in [-0.15, -0.1) is 21.5 Å². The third-order valence-corrected chi connectivity index (χ3v) is 6.68. The first-order valence-electron chi connectivity index (χ1n) is 9.84. The predicted molar refractivity (Wildman–Crippen MR) is 124 cm³/mol. The Morgan fingerprint density at radius 3 is 2.48 bits per heavy atom. The maximum Gasteiger partial charge on any atom is 0.162 e. The summed E-state index contributed by atoms with van der Waals surface area (Å²) in [7, 11) is 0. The van der Waals surface area contributed by atoms with Gasteiger partial charge in [-0.05, 0) is 50.6 Å². The Labute approximate surface area is 189 Å². The molecular formula is C24H18ClN5S. The third-order valence-electron chi connectivity index (χ3n) is 5.23. The Hall–Kier alpha value is -3.27. The first-order valence-corrected chi connectivity index (χ1v) is 11.0. The van der Waals surface area contributed by atoms with E-state index in [9.17, 15) is 0 Å². The topological polar surface area (TPSA) is 56.0 Å². The van der Waals surface area contributed by atoms with E-state index in [0.717, 1.165) is 49.5 Å². The molecule has 152 valence electrons. The molecule has 0 aliphatic carbocycles. The van der Waals surface area contributed by atoms with Crippen LogP contribution in [0.3, 0.4) is 0 Å². The molecule has 0 unspecified atom stereocenters. The summed E-state index contributed by atoms with van der Waals surface area (Å²) >= 11 is 7.79. The van der Waals surface area contributed by atoms with Crippen LogP contribution in [-0.4, -0.2) is 25.5 Å². The number of aromatic nitrogens is 4. The summed E-state index contributed by atoms with van der Waals surface area (Å²) in [6.45, 7) is 6.12. The van der Waals surface area contributed by atoms with Gasteiger partial charge in [-0.2, -0.15) is 0 Å². The van der Waals surface area contributed by atoms with Crippen molar-refractivity contribution in [3.63, 3.8) is 0 Å². The second-order valence-electron chi connectivity index (χ2n) is 7.32. The number of benzene rings is 1. The number of pyridine rings is 1. The van der Waals surface area contributed by atoms with E-state index in [1.54, 1.807) is 23.7 Å². The van der Waals surface area contributed by atoms with Crippen molar-refractivity contribution in [2.75, 3.05) is 0 Å². The van der Waals surface area contributed by atoms with Gasteiger partial charge < -0.3 is 0 Å². The predicted octanol–water partition coefficient (Wildman–Crippen LogP) is 5.31. The fourth-order valence-electron chi connectivity index (χ4n) is 3.66. The summed E-state index contributed by atoms with van der Waals surface area (Å²) in [5, 5.41) is 10.5. The van der Waals surface area contributed by atoms with E-state index in [2.05, 4.69) is 38.5 Å². The van der Waals surface area contributed by atoms with Gasteiger partial charge in [-0.3, -0.25) is 14.5 Å². The molecule has 4 aromatic rings. The van der Waals surface area contributed by atoms with Crippen molar-refractivity contribution in [3.8, 4) is 16.8 Å². The molecule has 1 aromatic carbocycles. The largest absolute Gasteiger partial charge is 0.273 e. The van der Waals surface area contributed by atoms with Gasteiger partial charge in [-0.1, -0.05) is 35.6 Å². The van der Waals surface area contributed by atoms with Gasteiger partial charge >= 0.3 is 0 Å². The lowest BCUT2D eigenvalue weighted by Crippen LogP contribution is -2.07. The zero-order chi connectivity index (χ0) is 21.5. The Morgan fingerprint density at radius 1 is 1.00 bits per heavy atom. The van der Waals surface area contributed by atoms with Crippen LogP contribution in [0.5, 0.6) is 0 Å². The minimum absolute atomic E-state index is 0.128. The lowest BCUT2D eigenvalue weighted by atomic mass is 9.99. The minimum atomic E-state index is -0.128. The maximum atomic E-state index is 6.14. The molecule has 0 saturated heterocycles. The van der Waals surface area contributed by atoms with E-state index in [1.165, 1.54) is 0 Å². The normalized spacial score (nSPS) is 14.7. The van der Waals surface area contributed by atoms with E-state index >= 15 is 0 Å². The van der Waals surface area contributed by atoms with Crippen molar-refractivity contribution in [1.82, 2.24) is 19.7 Å². The quantitative estimate of drug-likeness (QED) is 0.375. The van der Waals surface area contributed by atoms with Crippen molar-refractivity contribution in [3.05, 3.63) is 92.6 Å². The molecule has 0 bridgehead atoms. The van der Waals surface area contributed by atoms with E-state index in [0.29, 0.717) is 5.02 Å². The van der Waals surface area contributed by atoms with Crippen LogP contribution in [0.1, 0.15) is 51.7 Å². The molecule has 1 aliphatic heterocycles. The highest BCUT2D eigenvalue weighted by Crippen LogP contribution is 2.38. The van der Waals surface area contributed by atoms with E-state index < -0.39 is 0 Å². The van der Waals surface area contributed by atoms with Crippen LogP contribution in [-0.2, 0) is 0 Å². The highest BCUT2D eigenvalue weighted by atomic mass is 35.5. The molecule has 0 fully saturated rings. The van der Waals surface area contributed by atoms with E-state index in [4.69, 9.17) is 16.6 Å². The molecule has 0 radical (unpaired) electrons. The SMILES string of the molecule is Cc1c(C#Cc2ccncc2)sc2c1C(c1ccc(Cl)cc1)=N[C@@H](C)c1nnc(C)n1-2. The maximum absolute atomic E-state index is 6.14. The third kappa shape index (κ3) is 3.46. The Bertz CT molecular complexity index is 1370. The van der Waals surface area contributed by atoms with Gasteiger partial charge in [0.2, 0.25) is 0 Å². The van der Waals surface area contributed by atoms with Gasteiger partial charge in [-0.25, -0.2) is 0 Å². The number of rotatable bonds is 1. The molecule has 3 aromatic heterocycles. The standard InChI is InChI=1S/C24H18ClN5S/c1-14-20(9-4-17-10-12-26-13-11-17)31-24-21(14)22(18-5-7-19(25)8-6-18)27-15(2)23-29-28-16(3)30(23)24/h5-8,10-13,15H,1-3H3/t15-/m0/s1. The Balaban J connectivity index is 1.74. The molecule has 5 nitrogen and oxygen atoms in total. The number of aliphatic imine (C=N–C) groups is 1. The lowest BCUT2D eigenvalue weighted by molar-refractivity contribution is 0.724. The fourth-order valence-corrected chi connectivity index (χ4v) is 5.01. The summed E-state index contributed by atoms with van der Waals surface area (Å²) in [4.78, 5) is 10.1. The number of aryl methyl sites for hydroxylation is 1. The highest BCUT2D eigenvalue weighted by Gasteiger charge is 2.29. The van der Waals surface area contributed by atoms with Gasteiger partial charge in [0.25, 0.3) is 0 Å². The molecule has 1 aliphatic rings. The Morgan fingerprint density at radius 2 is 1.74 bits per heavy atom. The van der Waals surface area contributed by atoms with Crippen LogP contribution in [0.4, 0.5) is 0 Å². The van der Waals surface area contributed by atoms with Crippen LogP contribution in [0.2, 0.25) is 5.02 Å². The number of thiophene rings is 1. The summed E-state index contributed by atoms with van der Waals surface area (Å²) < 4.78 is 2.11. The second-order valence-corrected chi connectivity index (χ2v) is 8.76. The molecule has 0 N–H and O–H groups in total. The first-order chi connectivity index (χ1) is 15.0. The van der Waals surface area contributed by atoms with E-state index in [1.807, 2.05) is 50.2 Å². The monoisotopic (exact) mass is 443 g/mol. The number of hydrogen-bond donors (Lipinski definition) is 0. The van der Waals surface area contributed by atoms with E-state index in [-0.39, 0.29) is 6.04 Å². The summed E-state index contributed by atoms with van der Waals surface area (Å²) in [5.41, 5.74) is 5.04. The van der Waals surface area contributed by atoms with Crippen LogP contribution in [0, 0.1) is 25.7 Å². The molecule has 0 spiro atoms.